The van der Waals surface area contributed by atoms with E-state index >= 15 is 0 Å². The number of rotatable bonds is 6. The Balaban J connectivity index is 1.48. The lowest BCUT2D eigenvalue weighted by molar-refractivity contribution is 0.121. The van der Waals surface area contributed by atoms with Crippen LogP contribution in [0.25, 0.3) is 0 Å². The van der Waals surface area contributed by atoms with Crippen molar-refractivity contribution in [2.45, 2.75) is 52.7 Å². The van der Waals surface area contributed by atoms with Gasteiger partial charge in [-0.2, -0.15) is 0 Å². The third-order valence-electron chi connectivity index (χ3n) is 7.73. The molecule has 1 fully saturated rings. The Bertz CT molecular complexity index is 1230. The SMILES string of the molecule is COc1ccc(COc2c(C)c(C)c3c(c2C)C(c2ccc(N4CCOCC4)cc2)C(C)(C)O3)cc1. The zero-order valence-electron chi connectivity index (χ0n) is 22.3. The highest BCUT2D eigenvalue weighted by molar-refractivity contribution is 5.64. The Labute approximate surface area is 214 Å². The summed E-state index contributed by atoms with van der Waals surface area (Å²) in [7, 11) is 1.68. The van der Waals surface area contributed by atoms with E-state index in [2.05, 4.69) is 75.9 Å². The molecule has 2 heterocycles. The molecule has 3 aromatic rings. The van der Waals surface area contributed by atoms with Gasteiger partial charge in [0.15, 0.2) is 0 Å². The summed E-state index contributed by atoms with van der Waals surface area (Å²) < 4.78 is 23.9. The molecule has 0 aliphatic carbocycles. The molecule has 0 amide bonds. The first-order valence-corrected chi connectivity index (χ1v) is 12.8. The van der Waals surface area contributed by atoms with Gasteiger partial charge in [-0.15, -0.1) is 0 Å². The van der Waals surface area contributed by atoms with Gasteiger partial charge in [-0.1, -0.05) is 24.3 Å². The first-order valence-electron chi connectivity index (χ1n) is 12.8. The quantitative estimate of drug-likeness (QED) is 0.406. The van der Waals surface area contributed by atoms with Gasteiger partial charge in [0.05, 0.1) is 26.2 Å². The van der Waals surface area contributed by atoms with E-state index < -0.39 is 0 Å². The Morgan fingerprint density at radius 3 is 2.19 bits per heavy atom. The van der Waals surface area contributed by atoms with Crippen molar-refractivity contribution < 1.29 is 18.9 Å². The van der Waals surface area contributed by atoms with E-state index in [-0.39, 0.29) is 11.5 Å². The molecule has 1 unspecified atom stereocenters. The Hall–Kier alpha value is -3.18. The maximum Gasteiger partial charge on any atom is 0.127 e. The van der Waals surface area contributed by atoms with E-state index in [1.54, 1.807) is 7.11 Å². The summed E-state index contributed by atoms with van der Waals surface area (Å²) in [6.45, 7) is 14.8. The standard InChI is InChI=1S/C31H37NO4/c1-20-21(2)30-27(22(3)29(20)35-19-23-7-13-26(33-6)14-8-23)28(31(4,5)36-30)24-9-11-25(12-10-24)32-15-17-34-18-16-32/h7-14,28H,15-19H2,1-6H3. The van der Waals surface area contributed by atoms with E-state index in [0.29, 0.717) is 6.61 Å². The van der Waals surface area contributed by atoms with Gasteiger partial charge in [-0.25, -0.2) is 0 Å². The van der Waals surface area contributed by atoms with Crippen molar-refractivity contribution in [1.29, 1.82) is 0 Å². The molecule has 0 spiro atoms. The summed E-state index contributed by atoms with van der Waals surface area (Å²) in [6.07, 6.45) is 0. The fourth-order valence-corrected chi connectivity index (χ4v) is 5.63. The van der Waals surface area contributed by atoms with Gasteiger partial charge in [0.2, 0.25) is 0 Å². The summed E-state index contributed by atoms with van der Waals surface area (Å²) in [5.41, 5.74) is 7.96. The molecular weight excluding hydrogens is 450 g/mol. The smallest absolute Gasteiger partial charge is 0.127 e. The maximum atomic E-state index is 6.65. The van der Waals surface area contributed by atoms with E-state index in [0.717, 1.165) is 65.8 Å². The molecule has 190 valence electrons. The number of ether oxygens (including phenoxy) is 4. The van der Waals surface area contributed by atoms with Crippen molar-refractivity contribution in [3.8, 4) is 17.2 Å². The minimum Gasteiger partial charge on any atom is -0.497 e. The van der Waals surface area contributed by atoms with Crippen LogP contribution in [0.4, 0.5) is 5.69 Å². The van der Waals surface area contributed by atoms with Crippen molar-refractivity contribution in [2.75, 3.05) is 38.3 Å². The average Bonchev–Trinajstić information content (AvgIpc) is 3.19. The van der Waals surface area contributed by atoms with Crippen molar-refractivity contribution in [3.63, 3.8) is 0 Å². The molecule has 36 heavy (non-hydrogen) atoms. The van der Waals surface area contributed by atoms with Gasteiger partial charge in [0.25, 0.3) is 0 Å². The third kappa shape index (κ3) is 4.41. The second kappa shape index (κ2) is 9.70. The van der Waals surface area contributed by atoms with Crippen LogP contribution in [0.5, 0.6) is 17.2 Å². The topological polar surface area (TPSA) is 40.2 Å². The van der Waals surface area contributed by atoms with Gasteiger partial charge in [0, 0.05) is 24.3 Å². The Morgan fingerprint density at radius 1 is 0.889 bits per heavy atom. The van der Waals surface area contributed by atoms with Crippen LogP contribution in [0, 0.1) is 20.8 Å². The summed E-state index contributed by atoms with van der Waals surface area (Å²) in [5.74, 6) is 2.93. The molecule has 2 aliphatic rings. The number of hydrogen-bond donors (Lipinski definition) is 0. The molecule has 5 heteroatoms. The van der Waals surface area contributed by atoms with E-state index in [9.17, 15) is 0 Å². The van der Waals surface area contributed by atoms with Gasteiger partial charge in [-0.05, 0) is 86.7 Å². The molecule has 5 nitrogen and oxygen atoms in total. The van der Waals surface area contributed by atoms with Crippen LogP contribution in [-0.2, 0) is 11.3 Å². The highest BCUT2D eigenvalue weighted by atomic mass is 16.5. The number of nitrogens with zero attached hydrogens (tertiary/aromatic N) is 1. The number of morpholine rings is 1. The van der Waals surface area contributed by atoms with Crippen molar-refractivity contribution >= 4 is 5.69 Å². The fourth-order valence-electron chi connectivity index (χ4n) is 5.63. The minimum atomic E-state index is -0.362. The molecule has 1 atom stereocenters. The number of hydrogen-bond acceptors (Lipinski definition) is 5. The average molecular weight is 488 g/mol. The molecule has 0 N–H and O–H groups in total. The van der Waals surface area contributed by atoms with Crippen molar-refractivity contribution in [2.24, 2.45) is 0 Å². The molecule has 3 aromatic carbocycles. The van der Waals surface area contributed by atoms with Gasteiger partial charge in [-0.3, -0.25) is 0 Å². The summed E-state index contributed by atoms with van der Waals surface area (Å²) >= 11 is 0. The molecule has 5 rings (SSSR count). The normalized spacial score (nSPS) is 18.5. The van der Waals surface area contributed by atoms with E-state index in [1.807, 2.05) is 12.1 Å². The maximum absolute atomic E-state index is 6.65. The molecule has 0 radical (unpaired) electrons. The number of fused-ring (bicyclic) bond motifs is 1. The third-order valence-corrected chi connectivity index (χ3v) is 7.73. The second-order valence-corrected chi connectivity index (χ2v) is 10.4. The van der Waals surface area contributed by atoms with Crippen LogP contribution in [0.1, 0.15) is 53.1 Å². The first-order chi connectivity index (χ1) is 17.3. The number of methoxy groups -OCH3 is 1. The molecule has 2 aliphatic heterocycles. The summed E-state index contributed by atoms with van der Waals surface area (Å²) in [6, 6.07) is 17.1. The van der Waals surface area contributed by atoms with Gasteiger partial charge < -0.3 is 23.8 Å². The van der Waals surface area contributed by atoms with Crippen LogP contribution >= 0.6 is 0 Å². The van der Waals surface area contributed by atoms with Crippen LogP contribution in [0.15, 0.2) is 48.5 Å². The lowest BCUT2D eigenvalue weighted by atomic mass is 9.78. The van der Waals surface area contributed by atoms with Gasteiger partial charge in [0.1, 0.15) is 29.5 Å². The largest absolute Gasteiger partial charge is 0.497 e. The van der Waals surface area contributed by atoms with Crippen LogP contribution < -0.4 is 19.1 Å². The fraction of sp³-hybridized carbons (Fsp3) is 0.419. The number of anilines is 1. The van der Waals surface area contributed by atoms with Gasteiger partial charge >= 0.3 is 0 Å². The predicted octanol–water partition coefficient (Wildman–Crippen LogP) is 6.34. The predicted molar refractivity (Wildman–Crippen MR) is 144 cm³/mol. The molecule has 0 saturated carbocycles. The van der Waals surface area contributed by atoms with Crippen molar-refractivity contribution in [1.82, 2.24) is 0 Å². The zero-order chi connectivity index (χ0) is 25.4. The number of benzene rings is 3. The van der Waals surface area contributed by atoms with Crippen molar-refractivity contribution in [3.05, 3.63) is 81.9 Å². The van der Waals surface area contributed by atoms with E-state index in [4.69, 9.17) is 18.9 Å². The highest BCUT2D eigenvalue weighted by Gasteiger charge is 2.45. The second-order valence-electron chi connectivity index (χ2n) is 10.4. The van der Waals surface area contributed by atoms with Crippen LogP contribution in [-0.4, -0.2) is 39.0 Å². The first kappa shape index (κ1) is 24.5. The lowest BCUT2D eigenvalue weighted by Crippen LogP contribution is -2.36. The summed E-state index contributed by atoms with van der Waals surface area (Å²) in [5, 5.41) is 0. The molecular formula is C31H37NO4. The molecule has 0 bridgehead atoms. The minimum absolute atomic E-state index is 0.119. The monoisotopic (exact) mass is 487 g/mol. The summed E-state index contributed by atoms with van der Waals surface area (Å²) in [4.78, 5) is 2.39. The van der Waals surface area contributed by atoms with E-state index in [1.165, 1.54) is 16.8 Å². The highest BCUT2D eigenvalue weighted by Crippen LogP contribution is 2.54. The Morgan fingerprint density at radius 2 is 1.56 bits per heavy atom. The van der Waals surface area contributed by atoms with Crippen LogP contribution in [0.2, 0.25) is 0 Å². The lowest BCUT2D eigenvalue weighted by Gasteiger charge is -2.30. The molecule has 0 aromatic heterocycles. The molecule has 1 saturated heterocycles. The van der Waals surface area contributed by atoms with Crippen LogP contribution in [0.3, 0.4) is 0 Å². The Kier molecular flexibility index (Phi) is 6.60. The zero-order valence-corrected chi connectivity index (χ0v) is 22.3.